The van der Waals surface area contributed by atoms with Crippen LogP contribution in [0.2, 0.25) is 0 Å². The molecular weight excluding hydrogens is 322 g/mol. The lowest BCUT2D eigenvalue weighted by Gasteiger charge is -2.27. The molecule has 2 N–H and O–H groups in total. The Balaban J connectivity index is 1.54. The van der Waals surface area contributed by atoms with Crippen LogP contribution in [0.5, 0.6) is 0 Å². The number of amides is 4. The van der Waals surface area contributed by atoms with Crippen molar-refractivity contribution >= 4 is 35.6 Å². The summed E-state index contributed by atoms with van der Waals surface area (Å²) in [5.74, 6) is -1.43. The lowest BCUT2D eigenvalue weighted by molar-refractivity contribution is -0.311. The van der Waals surface area contributed by atoms with Crippen molar-refractivity contribution in [2.75, 3.05) is 5.75 Å². The summed E-state index contributed by atoms with van der Waals surface area (Å²) in [5.41, 5.74) is 0. The SMILES string of the molecule is O=C1N[C@H]2[C@H](CS[C@H]2CCCC(C(=O)[O-])N2C(=O)CCC2=O)N1. The zero-order chi connectivity index (χ0) is 16.6. The quantitative estimate of drug-likeness (QED) is 0.453. The first-order valence-corrected chi connectivity index (χ1v) is 8.76. The van der Waals surface area contributed by atoms with Crippen LogP contribution in [0.1, 0.15) is 32.1 Å². The van der Waals surface area contributed by atoms with Gasteiger partial charge in [-0.3, -0.25) is 14.5 Å². The molecule has 9 heteroatoms. The van der Waals surface area contributed by atoms with Crippen molar-refractivity contribution in [3.05, 3.63) is 0 Å². The smallest absolute Gasteiger partial charge is 0.315 e. The lowest BCUT2D eigenvalue weighted by atomic mass is 10.0. The number of hydrogen-bond donors (Lipinski definition) is 2. The summed E-state index contributed by atoms with van der Waals surface area (Å²) in [4.78, 5) is 46.8. The van der Waals surface area contributed by atoms with Gasteiger partial charge in [-0.1, -0.05) is 0 Å². The number of fused-ring (bicyclic) bond motifs is 1. The average molecular weight is 340 g/mol. The number of urea groups is 1. The highest BCUT2D eigenvalue weighted by Gasteiger charge is 2.43. The van der Waals surface area contributed by atoms with Crippen molar-refractivity contribution in [2.45, 2.75) is 55.5 Å². The second kappa shape index (κ2) is 6.38. The number of carbonyl (C=O) groups is 4. The third kappa shape index (κ3) is 3.15. The summed E-state index contributed by atoms with van der Waals surface area (Å²) in [6, 6.07) is -1.16. The highest BCUT2D eigenvalue weighted by atomic mass is 32.2. The number of carboxylic acids is 1. The number of aliphatic carboxylic acids is 1. The molecule has 3 aliphatic heterocycles. The molecule has 0 aliphatic carbocycles. The van der Waals surface area contributed by atoms with Gasteiger partial charge in [-0.25, -0.2) is 4.79 Å². The van der Waals surface area contributed by atoms with Gasteiger partial charge in [-0.15, -0.1) is 0 Å². The summed E-state index contributed by atoms with van der Waals surface area (Å²) in [6.45, 7) is 0. The number of nitrogens with zero attached hydrogens (tertiary/aromatic N) is 1. The molecule has 0 saturated carbocycles. The Morgan fingerprint density at radius 1 is 1.26 bits per heavy atom. The van der Waals surface area contributed by atoms with Gasteiger partial charge in [0.25, 0.3) is 0 Å². The number of thioether (sulfide) groups is 1. The molecule has 3 heterocycles. The fourth-order valence-corrected chi connectivity index (χ4v) is 4.99. The molecular formula is C14H18N3O5S-. The zero-order valence-corrected chi connectivity index (χ0v) is 13.3. The summed E-state index contributed by atoms with van der Waals surface area (Å²) >= 11 is 1.74. The second-order valence-electron chi connectivity index (χ2n) is 6.05. The number of imide groups is 1. The van der Waals surface area contributed by atoms with E-state index in [9.17, 15) is 24.3 Å². The minimum Gasteiger partial charge on any atom is -0.548 e. The lowest BCUT2D eigenvalue weighted by Crippen LogP contribution is -2.50. The number of hydrogen-bond acceptors (Lipinski definition) is 6. The van der Waals surface area contributed by atoms with Crippen molar-refractivity contribution in [3.8, 4) is 0 Å². The Bertz CT molecular complexity index is 539. The molecule has 0 spiro atoms. The van der Waals surface area contributed by atoms with Crippen molar-refractivity contribution < 1.29 is 24.3 Å². The number of nitrogens with one attached hydrogen (secondary N) is 2. The van der Waals surface area contributed by atoms with Gasteiger partial charge in [0.15, 0.2) is 0 Å². The maximum atomic E-state index is 11.7. The third-order valence-corrected chi connectivity index (χ3v) is 6.09. The van der Waals surface area contributed by atoms with Crippen molar-refractivity contribution in [1.29, 1.82) is 0 Å². The molecule has 3 rings (SSSR count). The molecule has 0 bridgehead atoms. The minimum absolute atomic E-state index is 0.0592. The van der Waals surface area contributed by atoms with Gasteiger partial charge in [-0.05, 0) is 19.3 Å². The van der Waals surface area contributed by atoms with E-state index >= 15 is 0 Å². The van der Waals surface area contributed by atoms with E-state index in [1.54, 1.807) is 11.8 Å². The fraction of sp³-hybridized carbons (Fsp3) is 0.714. The highest BCUT2D eigenvalue weighted by molar-refractivity contribution is 8.00. The number of carboxylic acid groups (broad SMARTS) is 1. The molecule has 3 aliphatic rings. The van der Waals surface area contributed by atoms with E-state index in [0.717, 1.165) is 10.7 Å². The minimum atomic E-state index is -1.39. The first-order valence-electron chi connectivity index (χ1n) is 7.71. The molecule has 1 unspecified atom stereocenters. The molecule has 0 aromatic heterocycles. The van der Waals surface area contributed by atoms with E-state index in [1.165, 1.54) is 0 Å². The molecule has 0 radical (unpaired) electrons. The Morgan fingerprint density at radius 3 is 2.61 bits per heavy atom. The van der Waals surface area contributed by atoms with Crippen molar-refractivity contribution in [1.82, 2.24) is 15.5 Å². The number of rotatable bonds is 6. The maximum absolute atomic E-state index is 11.7. The van der Waals surface area contributed by atoms with Crippen LogP contribution in [-0.2, 0) is 14.4 Å². The van der Waals surface area contributed by atoms with E-state index in [2.05, 4.69) is 10.6 Å². The molecule has 3 fully saturated rings. The van der Waals surface area contributed by atoms with Gasteiger partial charge in [-0.2, -0.15) is 11.8 Å². The molecule has 0 aromatic carbocycles. The van der Waals surface area contributed by atoms with Gasteiger partial charge < -0.3 is 20.5 Å². The largest absolute Gasteiger partial charge is 0.548 e. The third-order valence-electron chi connectivity index (χ3n) is 4.58. The Morgan fingerprint density at radius 2 is 1.96 bits per heavy atom. The normalized spacial score (nSPS) is 31.0. The predicted octanol–water partition coefficient (Wildman–Crippen LogP) is -1.41. The van der Waals surface area contributed by atoms with Gasteiger partial charge >= 0.3 is 6.03 Å². The molecule has 4 amide bonds. The topological polar surface area (TPSA) is 119 Å². The molecule has 0 aromatic rings. The standard InChI is InChI=1S/C14H19N3O5S/c18-10-4-5-11(19)17(10)8(13(20)21)2-1-3-9-12-7(6-23-9)15-14(22)16-12/h7-9,12H,1-6H2,(H,20,21)(H2,15,16,22)/p-1/t7-,8?,9-,12-/m0/s1. The van der Waals surface area contributed by atoms with Crippen LogP contribution in [0, 0.1) is 0 Å². The van der Waals surface area contributed by atoms with Crippen molar-refractivity contribution in [2.24, 2.45) is 0 Å². The molecule has 4 atom stereocenters. The number of carbonyl (C=O) groups excluding carboxylic acids is 4. The summed E-state index contributed by atoms with van der Waals surface area (Å²) in [6.07, 6.45) is 1.60. The molecule has 126 valence electrons. The first kappa shape index (κ1) is 16.1. The van der Waals surface area contributed by atoms with E-state index in [1.807, 2.05) is 0 Å². The van der Waals surface area contributed by atoms with E-state index in [0.29, 0.717) is 12.8 Å². The van der Waals surface area contributed by atoms with Crippen LogP contribution in [0.4, 0.5) is 4.79 Å². The summed E-state index contributed by atoms with van der Waals surface area (Å²) < 4.78 is 0. The monoisotopic (exact) mass is 340 g/mol. The highest BCUT2D eigenvalue weighted by Crippen LogP contribution is 2.33. The van der Waals surface area contributed by atoms with Gasteiger partial charge in [0.1, 0.15) is 0 Å². The van der Waals surface area contributed by atoms with Crippen LogP contribution in [0.15, 0.2) is 0 Å². The van der Waals surface area contributed by atoms with Gasteiger partial charge in [0, 0.05) is 23.8 Å². The number of likely N-dealkylation sites (tertiary alicyclic amines) is 1. The van der Waals surface area contributed by atoms with Crippen LogP contribution in [0.3, 0.4) is 0 Å². The van der Waals surface area contributed by atoms with Crippen LogP contribution in [-0.4, -0.2) is 57.8 Å². The summed E-state index contributed by atoms with van der Waals surface area (Å²) in [7, 11) is 0. The Kier molecular flexibility index (Phi) is 4.47. The molecule has 8 nitrogen and oxygen atoms in total. The van der Waals surface area contributed by atoms with E-state index in [4.69, 9.17) is 0 Å². The maximum Gasteiger partial charge on any atom is 0.315 e. The van der Waals surface area contributed by atoms with Gasteiger partial charge in [0.2, 0.25) is 11.8 Å². The van der Waals surface area contributed by atoms with Crippen LogP contribution >= 0.6 is 11.8 Å². The van der Waals surface area contributed by atoms with Gasteiger partial charge in [0.05, 0.1) is 24.1 Å². The first-order chi connectivity index (χ1) is 11.0. The van der Waals surface area contributed by atoms with E-state index < -0.39 is 23.8 Å². The summed E-state index contributed by atoms with van der Waals surface area (Å²) in [5, 5.41) is 17.2. The zero-order valence-electron chi connectivity index (χ0n) is 12.4. The van der Waals surface area contributed by atoms with Crippen molar-refractivity contribution in [3.63, 3.8) is 0 Å². The fourth-order valence-electron chi connectivity index (χ4n) is 3.45. The van der Waals surface area contributed by atoms with Crippen LogP contribution < -0.4 is 15.7 Å². The van der Waals surface area contributed by atoms with Crippen LogP contribution in [0.25, 0.3) is 0 Å². The Labute approximate surface area is 137 Å². The molecule has 23 heavy (non-hydrogen) atoms. The van der Waals surface area contributed by atoms with E-state index in [-0.39, 0.29) is 42.6 Å². The Hall–Kier alpha value is -1.77. The second-order valence-corrected chi connectivity index (χ2v) is 7.32. The predicted molar refractivity (Wildman–Crippen MR) is 79.2 cm³/mol. The average Bonchev–Trinajstić information content (AvgIpc) is 3.12. The molecule has 3 saturated heterocycles.